The number of carbonyl (C=O) groups is 1. The summed E-state index contributed by atoms with van der Waals surface area (Å²) in [6.07, 6.45) is 0.286. The summed E-state index contributed by atoms with van der Waals surface area (Å²) in [6, 6.07) is 16.1. The molecule has 0 atom stereocenters. The first-order valence-corrected chi connectivity index (χ1v) is 9.21. The van der Waals surface area contributed by atoms with Crippen molar-refractivity contribution in [1.29, 1.82) is 0 Å². The maximum absolute atomic E-state index is 12.3. The van der Waals surface area contributed by atoms with E-state index >= 15 is 0 Å². The molecule has 1 heterocycles. The van der Waals surface area contributed by atoms with E-state index in [1.54, 1.807) is 24.3 Å². The summed E-state index contributed by atoms with van der Waals surface area (Å²) in [7, 11) is 0. The van der Waals surface area contributed by atoms with Gasteiger partial charge in [0.25, 0.3) is 0 Å². The largest absolute Gasteiger partial charge is 0.294 e. The molecule has 7 heteroatoms. The minimum atomic E-state index is -0.0176. The molecule has 0 unspecified atom stereocenters. The van der Waals surface area contributed by atoms with Gasteiger partial charge in [-0.2, -0.15) is 0 Å². The fourth-order valence-corrected chi connectivity index (χ4v) is 3.70. The minimum Gasteiger partial charge on any atom is -0.294 e. The maximum atomic E-state index is 12.3. The highest BCUT2D eigenvalue weighted by molar-refractivity contribution is 7.99. The Hall–Kier alpha value is -1.59. The fraction of sp³-hybridized carbons (Fsp3) is 0.0556. The average Bonchev–Trinajstić information content (AvgIpc) is 2.56. The van der Waals surface area contributed by atoms with Crippen molar-refractivity contribution in [1.82, 2.24) is 9.97 Å². The van der Waals surface area contributed by atoms with Crippen molar-refractivity contribution in [2.75, 3.05) is 0 Å². The molecule has 3 nitrogen and oxygen atoms in total. The predicted octanol–water partition coefficient (Wildman–Crippen LogP) is 6.01. The van der Waals surface area contributed by atoms with Crippen LogP contribution >= 0.6 is 46.6 Å². The number of Topliss-reactive ketones (excluding diaryl/α,β-unsaturated/α-hetero) is 1. The Morgan fingerprint density at radius 1 is 0.920 bits per heavy atom. The smallest absolute Gasteiger partial charge is 0.195 e. The minimum absolute atomic E-state index is 0.0176. The van der Waals surface area contributed by atoms with Gasteiger partial charge in [-0.15, -0.1) is 0 Å². The van der Waals surface area contributed by atoms with Crippen LogP contribution in [-0.2, 0) is 6.42 Å². The summed E-state index contributed by atoms with van der Waals surface area (Å²) >= 11 is 19.2. The lowest BCUT2D eigenvalue weighted by Crippen LogP contribution is -2.04. The van der Waals surface area contributed by atoms with Crippen molar-refractivity contribution in [3.05, 3.63) is 81.1 Å². The number of ketones is 1. The van der Waals surface area contributed by atoms with Crippen LogP contribution in [0.25, 0.3) is 0 Å². The third kappa shape index (κ3) is 4.95. The Morgan fingerprint density at radius 3 is 2.20 bits per heavy atom. The number of rotatable bonds is 5. The number of halogens is 3. The molecular weight excluding hydrogens is 399 g/mol. The quantitative estimate of drug-likeness (QED) is 0.294. The van der Waals surface area contributed by atoms with Crippen molar-refractivity contribution in [2.45, 2.75) is 16.5 Å². The van der Waals surface area contributed by atoms with Gasteiger partial charge >= 0.3 is 0 Å². The van der Waals surface area contributed by atoms with E-state index in [9.17, 15) is 4.79 Å². The highest BCUT2D eigenvalue weighted by atomic mass is 35.5. The summed E-state index contributed by atoms with van der Waals surface area (Å²) in [5.41, 5.74) is 1.43. The predicted molar refractivity (Wildman–Crippen MR) is 102 cm³/mol. The van der Waals surface area contributed by atoms with E-state index < -0.39 is 0 Å². The van der Waals surface area contributed by atoms with E-state index in [1.807, 2.05) is 24.3 Å². The SMILES string of the molecule is O=C(Cc1ccc(Sc2nc(Cl)cc(Cl)n2)cc1)c1ccccc1Cl. The lowest BCUT2D eigenvalue weighted by atomic mass is 10.0. The molecule has 0 amide bonds. The molecule has 0 saturated heterocycles. The van der Waals surface area contributed by atoms with Crippen LogP contribution in [0.15, 0.2) is 64.6 Å². The first-order chi connectivity index (χ1) is 12.0. The lowest BCUT2D eigenvalue weighted by Gasteiger charge is -2.05. The molecule has 3 rings (SSSR count). The van der Waals surface area contributed by atoms with Crippen molar-refractivity contribution in [2.24, 2.45) is 0 Å². The molecule has 126 valence electrons. The van der Waals surface area contributed by atoms with Gasteiger partial charge in [0.2, 0.25) is 0 Å². The van der Waals surface area contributed by atoms with Crippen LogP contribution in [0.5, 0.6) is 0 Å². The van der Waals surface area contributed by atoms with Crippen molar-refractivity contribution < 1.29 is 4.79 Å². The molecule has 0 aliphatic carbocycles. The molecule has 1 aromatic heterocycles. The highest BCUT2D eigenvalue weighted by Gasteiger charge is 2.11. The molecule has 0 saturated carbocycles. The monoisotopic (exact) mass is 408 g/mol. The average molecular weight is 410 g/mol. The number of benzene rings is 2. The van der Waals surface area contributed by atoms with Crippen LogP contribution in [0.3, 0.4) is 0 Å². The van der Waals surface area contributed by atoms with Gasteiger partial charge in [0.05, 0.1) is 5.02 Å². The van der Waals surface area contributed by atoms with Gasteiger partial charge in [-0.05, 0) is 41.6 Å². The fourth-order valence-electron chi connectivity index (χ4n) is 2.16. The topological polar surface area (TPSA) is 42.9 Å². The number of carbonyl (C=O) groups excluding carboxylic acids is 1. The molecule has 0 N–H and O–H groups in total. The molecule has 0 fully saturated rings. The molecule has 0 bridgehead atoms. The zero-order valence-electron chi connectivity index (χ0n) is 12.7. The zero-order chi connectivity index (χ0) is 17.8. The van der Waals surface area contributed by atoms with E-state index in [1.165, 1.54) is 17.8 Å². The van der Waals surface area contributed by atoms with E-state index in [0.717, 1.165) is 10.5 Å². The number of hydrogen-bond donors (Lipinski definition) is 0. The number of nitrogens with zero attached hydrogens (tertiary/aromatic N) is 2. The first-order valence-electron chi connectivity index (χ1n) is 7.26. The van der Waals surface area contributed by atoms with Crippen LogP contribution in [0.1, 0.15) is 15.9 Å². The standard InChI is InChI=1S/C18H11Cl3N2OS/c19-14-4-2-1-3-13(14)15(24)9-11-5-7-12(8-6-11)25-18-22-16(20)10-17(21)23-18/h1-8,10H,9H2. The van der Waals surface area contributed by atoms with Gasteiger partial charge in [-0.25, -0.2) is 9.97 Å². The molecule has 0 radical (unpaired) electrons. The second kappa shape index (κ2) is 8.19. The van der Waals surface area contributed by atoms with Crippen molar-refractivity contribution in [3.63, 3.8) is 0 Å². The zero-order valence-corrected chi connectivity index (χ0v) is 15.8. The van der Waals surface area contributed by atoms with Gasteiger partial charge in [-0.1, -0.05) is 59.1 Å². The molecule has 3 aromatic rings. The lowest BCUT2D eigenvalue weighted by molar-refractivity contribution is 0.0993. The molecule has 0 spiro atoms. The van der Waals surface area contributed by atoms with Crippen LogP contribution in [0.4, 0.5) is 0 Å². The first kappa shape index (κ1) is 18.2. The highest BCUT2D eigenvalue weighted by Crippen LogP contribution is 2.27. The van der Waals surface area contributed by atoms with E-state index in [0.29, 0.717) is 26.0 Å². The summed E-state index contributed by atoms with van der Waals surface area (Å²) < 4.78 is 0. The van der Waals surface area contributed by atoms with Crippen LogP contribution in [-0.4, -0.2) is 15.8 Å². The maximum Gasteiger partial charge on any atom is 0.195 e. The van der Waals surface area contributed by atoms with Crippen LogP contribution in [0.2, 0.25) is 15.3 Å². The Morgan fingerprint density at radius 2 is 1.56 bits per heavy atom. The van der Waals surface area contributed by atoms with Crippen LogP contribution < -0.4 is 0 Å². The third-order valence-corrected chi connectivity index (χ3v) is 4.90. The van der Waals surface area contributed by atoms with Gasteiger partial charge in [-0.3, -0.25) is 4.79 Å². The van der Waals surface area contributed by atoms with Gasteiger partial charge in [0.15, 0.2) is 10.9 Å². The molecule has 25 heavy (non-hydrogen) atoms. The summed E-state index contributed by atoms with van der Waals surface area (Å²) in [5, 5.41) is 1.53. The summed E-state index contributed by atoms with van der Waals surface area (Å²) in [4.78, 5) is 21.5. The van der Waals surface area contributed by atoms with Gasteiger partial charge < -0.3 is 0 Å². The van der Waals surface area contributed by atoms with Gasteiger partial charge in [0, 0.05) is 22.9 Å². The Bertz CT molecular complexity index is 896. The summed E-state index contributed by atoms with van der Waals surface area (Å²) in [6.45, 7) is 0. The third-order valence-electron chi connectivity index (χ3n) is 3.31. The molecule has 0 aliphatic rings. The van der Waals surface area contributed by atoms with Crippen molar-refractivity contribution >= 4 is 52.3 Å². The van der Waals surface area contributed by atoms with Crippen molar-refractivity contribution in [3.8, 4) is 0 Å². The van der Waals surface area contributed by atoms with E-state index in [-0.39, 0.29) is 12.2 Å². The van der Waals surface area contributed by atoms with E-state index in [2.05, 4.69) is 9.97 Å². The van der Waals surface area contributed by atoms with E-state index in [4.69, 9.17) is 34.8 Å². The Kier molecular flexibility index (Phi) is 5.97. The molecular formula is C18H11Cl3N2OS. The van der Waals surface area contributed by atoms with Crippen LogP contribution in [0, 0.1) is 0 Å². The number of aromatic nitrogens is 2. The summed E-state index contributed by atoms with van der Waals surface area (Å²) in [5.74, 6) is -0.0176. The second-order valence-electron chi connectivity index (χ2n) is 5.12. The molecule has 0 aliphatic heterocycles. The Balaban J connectivity index is 1.70. The second-order valence-corrected chi connectivity index (χ2v) is 7.34. The number of hydrogen-bond acceptors (Lipinski definition) is 4. The normalized spacial score (nSPS) is 10.7. The van der Waals surface area contributed by atoms with Gasteiger partial charge in [0.1, 0.15) is 10.3 Å². The molecule has 2 aromatic carbocycles. The Labute approximate surface area is 164 Å².